The fraction of sp³-hybridized carbons (Fsp3) is 0.368. The van der Waals surface area contributed by atoms with Gasteiger partial charge >= 0.3 is 0 Å². The van der Waals surface area contributed by atoms with Gasteiger partial charge < -0.3 is 14.7 Å². The molecule has 1 atom stereocenters. The fourth-order valence-electron chi connectivity index (χ4n) is 3.41. The number of rotatable bonds is 5. The molecule has 0 unspecified atom stereocenters. The van der Waals surface area contributed by atoms with Gasteiger partial charge in [-0.15, -0.1) is 0 Å². The first-order valence-electron chi connectivity index (χ1n) is 9.22. The molecule has 4 rings (SSSR count). The highest BCUT2D eigenvalue weighted by Gasteiger charge is 2.32. The van der Waals surface area contributed by atoms with E-state index in [4.69, 9.17) is 4.42 Å². The first kappa shape index (κ1) is 18.7. The van der Waals surface area contributed by atoms with Gasteiger partial charge in [-0.05, 0) is 38.8 Å². The van der Waals surface area contributed by atoms with Gasteiger partial charge in [0.1, 0.15) is 16.5 Å². The van der Waals surface area contributed by atoms with Crippen molar-refractivity contribution in [3.05, 3.63) is 47.7 Å². The zero-order valence-corrected chi connectivity index (χ0v) is 16.5. The van der Waals surface area contributed by atoms with Crippen molar-refractivity contribution in [2.45, 2.75) is 37.6 Å². The zero-order chi connectivity index (χ0) is 19.9. The number of nitrogens with one attached hydrogen (secondary N) is 2. The number of imidazole rings is 1. The highest BCUT2D eigenvalue weighted by atomic mass is 32.2. The van der Waals surface area contributed by atoms with Crippen LogP contribution in [0.1, 0.15) is 47.9 Å². The van der Waals surface area contributed by atoms with Crippen LogP contribution >= 0.6 is 0 Å². The van der Waals surface area contributed by atoms with Crippen LogP contribution in [-0.2, 0) is 10.0 Å². The third-order valence-corrected chi connectivity index (χ3v) is 6.95. The molecule has 3 aromatic rings. The molecule has 1 aliphatic rings. The average Bonchev–Trinajstić information content (AvgIpc) is 3.40. The van der Waals surface area contributed by atoms with Crippen molar-refractivity contribution in [3.8, 4) is 0 Å². The lowest BCUT2D eigenvalue weighted by Crippen LogP contribution is -2.28. The van der Waals surface area contributed by atoms with Crippen molar-refractivity contribution in [1.82, 2.24) is 19.6 Å². The molecule has 2 N–H and O–H groups in total. The highest BCUT2D eigenvalue weighted by Crippen LogP contribution is 2.26. The second-order valence-corrected chi connectivity index (χ2v) is 8.88. The predicted molar refractivity (Wildman–Crippen MR) is 103 cm³/mol. The lowest BCUT2D eigenvalue weighted by Gasteiger charge is -2.14. The molecule has 0 spiro atoms. The van der Waals surface area contributed by atoms with Crippen molar-refractivity contribution in [1.29, 1.82) is 0 Å². The van der Waals surface area contributed by atoms with Gasteiger partial charge in [0.25, 0.3) is 5.91 Å². The van der Waals surface area contributed by atoms with Crippen molar-refractivity contribution in [3.63, 3.8) is 0 Å². The number of aromatic amines is 1. The van der Waals surface area contributed by atoms with Crippen LogP contribution in [0.3, 0.4) is 0 Å². The Labute approximate surface area is 163 Å². The second-order valence-electron chi connectivity index (χ2n) is 6.98. The van der Waals surface area contributed by atoms with Crippen LogP contribution in [0.15, 0.2) is 39.6 Å². The summed E-state index contributed by atoms with van der Waals surface area (Å²) in [5.74, 6) is 0.313. The van der Waals surface area contributed by atoms with E-state index in [2.05, 4.69) is 15.3 Å². The molecule has 8 nitrogen and oxygen atoms in total. The molecule has 1 saturated heterocycles. The van der Waals surface area contributed by atoms with Crippen LogP contribution in [0.25, 0.3) is 11.0 Å². The van der Waals surface area contributed by atoms with E-state index >= 15 is 0 Å². The molecule has 148 valence electrons. The molecule has 0 radical (unpaired) electrons. The van der Waals surface area contributed by atoms with Crippen LogP contribution in [0, 0.1) is 6.92 Å². The second kappa shape index (κ2) is 7.06. The standard InChI is InChI=1S/C19H22N4O4S/c1-12(18-21-14-7-3-4-8-15(14)22-18)20-19(24)16-11-17(13(2)27-16)28(25,26)23-9-5-6-10-23/h3-4,7-8,11-12H,5-6,9-10H2,1-2H3,(H,20,24)(H,21,22)/t12-/m1/s1. The Morgan fingerprint density at radius 2 is 2.00 bits per heavy atom. The molecule has 0 bridgehead atoms. The quantitative estimate of drug-likeness (QED) is 0.682. The Bertz CT molecular complexity index is 1090. The van der Waals surface area contributed by atoms with Gasteiger partial charge in [-0.2, -0.15) is 4.31 Å². The van der Waals surface area contributed by atoms with Gasteiger partial charge in [0.05, 0.1) is 17.1 Å². The van der Waals surface area contributed by atoms with E-state index in [0.717, 1.165) is 23.9 Å². The highest BCUT2D eigenvalue weighted by molar-refractivity contribution is 7.89. The van der Waals surface area contributed by atoms with E-state index in [9.17, 15) is 13.2 Å². The van der Waals surface area contributed by atoms with Gasteiger partial charge in [0, 0.05) is 19.2 Å². The summed E-state index contributed by atoms with van der Waals surface area (Å²) in [5.41, 5.74) is 1.69. The molecule has 0 saturated carbocycles. The predicted octanol–water partition coefficient (Wildman–Crippen LogP) is 2.74. The average molecular weight is 402 g/mol. The zero-order valence-electron chi connectivity index (χ0n) is 15.7. The topological polar surface area (TPSA) is 108 Å². The van der Waals surface area contributed by atoms with Gasteiger partial charge in [-0.25, -0.2) is 13.4 Å². The van der Waals surface area contributed by atoms with E-state index in [-0.39, 0.29) is 16.4 Å². The Kier molecular flexibility index (Phi) is 4.72. The molecular weight excluding hydrogens is 380 g/mol. The minimum absolute atomic E-state index is 0.0294. The Morgan fingerprint density at radius 3 is 2.71 bits per heavy atom. The molecule has 1 aliphatic heterocycles. The summed E-state index contributed by atoms with van der Waals surface area (Å²) in [7, 11) is -3.64. The third kappa shape index (κ3) is 3.31. The number of hydrogen-bond donors (Lipinski definition) is 2. The maximum atomic E-state index is 12.8. The number of carbonyl (C=O) groups is 1. The summed E-state index contributed by atoms with van der Waals surface area (Å²) in [6.07, 6.45) is 1.69. The number of aryl methyl sites for hydroxylation is 1. The van der Waals surface area contributed by atoms with E-state index in [0.29, 0.717) is 18.9 Å². The number of sulfonamides is 1. The van der Waals surface area contributed by atoms with E-state index in [1.54, 1.807) is 13.8 Å². The van der Waals surface area contributed by atoms with Gasteiger partial charge in [-0.3, -0.25) is 4.79 Å². The van der Waals surface area contributed by atoms with E-state index in [1.165, 1.54) is 10.4 Å². The largest absolute Gasteiger partial charge is 0.455 e. The first-order chi connectivity index (χ1) is 13.4. The minimum Gasteiger partial charge on any atom is -0.455 e. The third-order valence-electron chi connectivity index (χ3n) is 4.94. The normalized spacial score (nSPS) is 16.5. The molecular formula is C19H22N4O4S. The first-order valence-corrected chi connectivity index (χ1v) is 10.7. The molecule has 1 amide bonds. The number of aromatic nitrogens is 2. The number of amides is 1. The lowest BCUT2D eigenvalue weighted by molar-refractivity contribution is 0.0909. The summed E-state index contributed by atoms with van der Waals surface area (Å²) in [6.45, 7) is 4.35. The molecule has 3 heterocycles. The van der Waals surface area contributed by atoms with Gasteiger partial charge in [-0.1, -0.05) is 12.1 Å². The Hall–Kier alpha value is -2.65. The minimum atomic E-state index is -3.64. The number of benzene rings is 1. The van der Waals surface area contributed by atoms with Crippen LogP contribution in [0.5, 0.6) is 0 Å². The van der Waals surface area contributed by atoms with Crippen molar-refractivity contribution >= 4 is 27.0 Å². The van der Waals surface area contributed by atoms with E-state index < -0.39 is 22.0 Å². The number of nitrogens with zero attached hydrogens (tertiary/aromatic N) is 2. The lowest BCUT2D eigenvalue weighted by atomic mass is 10.3. The SMILES string of the molecule is Cc1oc(C(=O)N[C@H](C)c2nc3ccccc3[nH]2)cc1S(=O)(=O)N1CCCC1. The van der Waals surface area contributed by atoms with Crippen molar-refractivity contribution in [2.24, 2.45) is 0 Å². The number of hydrogen-bond acceptors (Lipinski definition) is 5. The van der Waals surface area contributed by atoms with Crippen LogP contribution in [0.4, 0.5) is 0 Å². The smallest absolute Gasteiger partial charge is 0.287 e. The maximum Gasteiger partial charge on any atom is 0.287 e. The monoisotopic (exact) mass is 402 g/mol. The molecule has 9 heteroatoms. The fourth-order valence-corrected chi connectivity index (χ4v) is 5.09. The molecule has 2 aromatic heterocycles. The molecule has 0 aliphatic carbocycles. The van der Waals surface area contributed by atoms with Gasteiger partial charge in [0.15, 0.2) is 5.76 Å². The summed E-state index contributed by atoms with van der Waals surface area (Å²) in [5, 5.41) is 2.80. The molecule has 28 heavy (non-hydrogen) atoms. The number of para-hydroxylation sites is 2. The summed E-state index contributed by atoms with van der Waals surface area (Å²) < 4.78 is 32.4. The summed E-state index contributed by atoms with van der Waals surface area (Å²) in [4.78, 5) is 20.3. The molecule has 1 aromatic carbocycles. The Morgan fingerprint density at radius 1 is 1.29 bits per heavy atom. The Balaban J connectivity index is 1.53. The maximum absolute atomic E-state index is 12.8. The number of fused-ring (bicyclic) bond motifs is 1. The molecule has 1 fully saturated rings. The van der Waals surface area contributed by atoms with Crippen molar-refractivity contribution < 1.29 is 17.6 Å². The van der Waals surface area contributed by atoms with Crippen LogP contribution in [0.2, 0.25) is 0 Å². The number of carbonyl (C=O) groups excluding carboxylic acids is 1. The summed E-state index contributed by atoms with van der Waals surface area (Å²) >= 11 is 0. The van der Waals surface area contributed by atoms with Crippen LogP contribution in [-0.4, -0.2) is 41.7 Å². The van der Waals surface area contributed by atoms with E-state index in [1.807, 2.05) is 24.3 Å². The number of H-pyrrole nitrogens is 1. The summed E-state index contributed by atoms with van der Waals surface area (Å²) in [6, 6.07) is 8.50. The number of furan rings is 1. The van der Waals surface area contributed by atoms with Crippen molar-refractivity contribution in [2.75, 3.05) is 13.1 Å². The van der Waals surface area contributed by atoms with Gasteiger partial charge in [0.2, 0.25) is 10.0 Å². The van der Waals surface area contributed by atoms with Crippen LogP contribution < -0.4 is 5.32 Å².